The SMILES string of the molecule is Cc1nn(-c2ccccc2)c(Oc2ccc(Cl)cc2)c1CN(CC1CCCO1)C(=O)C1CCCC1. The summed E-state index contributed by atoms with van der Waals surface area (Å²) < 4.78 is 14.2. The number of carbonyl (C=O) groups is 1. The van der Waals surface area contributed by atoms with E-state index in [1.165, 1.54) is 0 Å². The third-order valence-electron chi connectivity index (χ3n) is 6.98. The molecule has 1 unspecified atom stereocenters. The Morgan fingerprint density at radius 2 is 1.83 bits per heavy atom. The van der Waals surface area contributed by atoms with Crippen LogP contribution in [0.2, 0.25) is 5.02 Å². The Labute approximate surface area is 211 Å². The number of halogens is 1. The molecule has 5 rings (SSSR count). The normalized spacial score (nSPS) is 18.2. The van der Waals surface area contributed by atoms with Gasteiger partial charge in [-0.2, -0.15) is 5.10 Å². The van der Waals surface area contributed by atoms with Crippen LogP contribution in [0.25, 0.3) is 5.69 Å². The molecule has 0 spiro atoms. The lowest BCUT2D eigenvalue weighted by Crippen LogP contribution is -2.40. The lowest BCUT2D eigenvalue weighted by molar-refractivity contribution is -0.137. The van der Waals surface area contributed by atoms with Crippen LogP contribution in [0.1, 0.15) is 49.8 Å². The van der Waals surface area contributed by atoms with Crippen LogP contribution in [-0.2, 0) is 16.1 Å². The first-order valence-corrected chi connectivity index (χ1v) is 12.9. The van der Waals surface area contributed by atoms with Gasteiger partial charge in [0, 0.05) is 24.1 Å². The van der Waals surface area contributed by atoms with E-state index in [4.69, 9.17) is 26.2 Å². The number of ether oxygens (including phenoxy) is 2. The molecule has 1 saturated heterocycles. The Hall–Kier alpha value is -2.83. The predicted octanol–water partition coefficient (Wildman–Crippen LogP) is 6.32. The molecular formula is C28H32ClN3O3. The summed E-state index contributed by atoms with van der Waals surface area (Å²) in [5.41, 5.74) is 2.65. The molecule has 6 nitrogen and oxygen atoms in total. The van der Waals surface area contributed by atoms with Crippen LogP contribution in [0.5, 0.6) is 11.6 Å². The first-order valence-electron chi connectivity index (χ1n) is 12.6. The molecule has 0 radical (unpaired) electrons. The number of benzene rings is 2. The number of amides is 1. The third kappa shape index (κ3) is 5.54. The lowest BCUT2D eigenvalue weighted by atomic mass is 10.1. The van der Waals surface area contributed by atoms with Gasteiger partial charge in [0.05, 0.1) is 29.6 Å². The van der Waals surface area contributed by atoms with Gasteiger partial charge in [-0.15, -0.1) is 0 Å². The van der Waals surface area contributed by atoms with Gasteiger partial charge >= 0.3 is 0 Å². The van der Waals surface area contributed by atoms with Crippen molar-refractivity contribution in [1.29, 1.82) is 0 Å². The highest BCUT2D eigenvalue weighted by Gasteiger charge is 2.32. The molecule has 0 N–H and O–H groups in total. The summed E-state index contributed by atoms with van der Waals surface area (Å²) in [5, 5.41) is 5.48. The Morgan fingerprint density at radius 1 is 1.09 bits per heavy atom. The number of hydrogen-bond acceptors (Lipinski definition) is 4. The van der Waals surface area contributed by atoms with Crippen molar-refractivity contribution in [2.24, 2.45) is 5.92 Å². The Balaban J connectivity index is 1.51. The van der Waals surface area contributed by atoms with E-state index >= 15 is 0 Å². The van der Waals surface area contributed by atoms with E-state index in [9.17, 15) is 4.79 Å². The minimum Gasteiger partial charge on any atom is -0.439 e. The summed E-state index contributed by atoms with van der Waals surface area (Å²) in [5.74, 6) is 1.61. The monoisotopic (exact) mass is 493 g/mol. The fourth-order valence-corrected chi connectivity index (χ4v) is 5.20. The molecule has 2 aliphatic rings. The molecule has 0 bridgehead atoms. The smallest absolute Gasteiger partial charge is 0.227 e. The molecule has 1 saturated carbocycles. The number of nitrogens with zero attached hydrogens (tertiary/aromatic N) is 3. The van der Waals surface area contributed by atoms with Crippen LogP contribution in [0.3, 0.4) is 0 Å². The molecule has 2 fully saturated rings. The zero-order chi connectivity index (χ0) is 24.2. The van der Waals surface area contributed by atoms with E-state index in [1.807, 2.05) is 59.0 Å². The van der Waals surface area contributed by atoms with Gasteiger partial charge in [-0.25, -0.2) is 4.68 Å². The molecule has 35 heavy (non-hydrogen) atoms. The van der Waals surface area contributed by atoms with Crippen LogP contribution in [-0.4, -0.2) is 39.8 Å². The summed E-state index contributed by atoms with van der Waals surface area (Å²) >= 11 is 6.09. The molecule has 1 aliphatic carbocycles. The first kappa shape index (κ1) is 23.9. The topological polar surface area (TPSA) is 56.6 Å². The average molecular weight is 494 g/mol. The number of aromatic nitrogens is 2. The number of para-hydroxylation sites is 1. The zero-order valence-electron chi connectivity index (χ0n) is 20.2. The van der Waals surface area contributed by atoms with E-state index in [0.29, 0.717) is 29.7 Å². The Bertz CT molecular complexity index is 1130. The molecule has 1 aliphatic heterocycles. The Kier molecular flexibility index (Phi) is 7.40. The standard InChI is InChI=1S/C28H32ClN3O3/c1-20-26(19-31(18-25-12-7-17-34-25)27(33)21-8-5-6-9-21)28(35-24-15-13-22(29)14-16-24)32(30-20)23-10-3-2-4-11-23/h2-4,10-11,13-16,21,25H,5-9,12,17-19H2,1H3. The number of aryl methyl sites for hydroxylation is 1. The summed E-state index contributed by atoms with van der Waals surface area (Å²) in [6.07, 6.45) is 6.32. The highest BCUT2D eigenvalue weighted by atomic mass is 35.5. The van der Waals surface area contributed by atoms with E-state index in [2.05, 4.69) is 0 Å². The highest BCUT2D eigenvalue weighted by molar-refractivity contribution is 6.30. The lowest BCUT2D eigenvalue weighted by Gasteiger charge is -2.28. The summed E-state index contributed by atoms with van der Waals surface area (Å²) in [4.78, 5) is 15.6. The maximum Gasteiger partial charge on any atom is 0.227 e. The Morgan fingerprint density at radius 3 is 2.51 bits per heavy atom. The van der Waals surface area contributed by atoms with Gasteiger partial charge in [-0.3, -0.25) is 4.79 Å². The molecule has 2 heterocycles. The largest absolute Gasteiger partial charge is 0.439 e. The van der Waals surface area contributed by atoms with Crippen molar-refractivity contribution in [1.82, 2.24) is 14.7 Å². The van der Waals surface area contributed by atoms with Crippen LogP contribution in [0, 0.1) is 12.8 Å². The van der Waals surface area contributed by atoms with Crippen molar-refractivity contribution < 1.29 is 14.3 Å². The minimum atomic E-state index is 0.0884. The van der Waals surface area contributed by atoms with Gasteiger partial charge in [-0.1, -0.05) is 42.6 Å². The van der Waals surface area contributed by atoms with Crippen LogP contribution in [0.15, 0.2) is 54.6 Å². The van der Waals surface area contributed by atoms with E-state index in [0.717, 1.165) is 62.1 Å². The van der Waals surface area contributed by atoms with E-state index in [1.54, 1.807) is 12.1 Å². The molecule has 3 aromatic rings. The van der Waals surface area contributed by atoms with Crippen LogP contribution >= 0.6 is 11.6 Å². The second-order valence-electron chi connectivity index (χ2n) is 9.51. The van der Waals surface area contributed by atoms with Gasteiger partial charge in [0.25, 0.3) is 0 Å². The fraction of sp³-hybridized carbons (Fsp3) is 0.429. The molecule has 2 aromatic carbocycles. The number of hydrogen-bond donors (Lipinski definition) is 0. The van der Waals surface area contributed by atoms with Gasteiger partial charge in [0.15, 0.2) is 0 Å². The van der Waals surface area contributed by atoms with Crippen molar-refractivity contribution in [3.05, 3.63) is 70.9 Å². The quantitative estimate of drug-likeness (QED) is 0.368. The molecule has 184 valence electrons. The van der Waals surface area contributed by atoms with Crippen molar-refractivity contribution in [2.45, 2.75) is 58.1 Å². The van der Waals surface area contributed by atoms with Gasteiger partial charge in [0.1, 0.15) is 5.75 Å². The van der Waals surface area contributed by atoms with Crippen molar-refractivity contribution in [2.75, 3.05) is 13.2 Å². The zero-order valence-corrected chi connectivity index (χ0v) is 20.9. The predicted molar refractivity (Wildman–Crippen MR) is 136 cm³/mol. The second kappa shape index (κ2) is 10.8. The highest BCUT2D eigenvalue weighted by Crippen LogP contribution is 2.34. The summed E-state index contributed by atoms with van der Waals surface area (Å²) in [6.45, 7) is 3.79. The molecular weight excluding hydrogens is 462 g/mol. The van der Waals surface area contributed by atoms with Crippen LogP contribution < -0.4 is 4.74 Å². The maximum absolute atomic E-state index is 13.6. The number of rotatable bonds is 8. The molecule has 7 heteroatoms. The first-order chi connectivity index (χ1) is 17.1. The third-order valence-corrected chi connectivity index (χ3v) is 7.23. The molecule has 1 aromatic heterocycles. The van der Waals surface area contributed by atoms with Gasteiger partial charge in [0.2, 0.25) is 11.8 Å². The summed E-state index contributed by atoms with van der Waals surface area (Å²) in [7, 11) is 0. The van der Waals surface area contributed by atoms with Crippen molar-refractivity contribution in [3.8, 4) is 17.3 Å². The number of carbonyl (C=O) groups excluding carboxylic acids is 1. The average Bonchev–Trinajstić information content (AvgIpc) is 3.64. The van der Waals surface area contributed by atoms with Crippen molar-refractivity contribution >= 4 is 17.5 Å². The van der Waals surface area contributed by atoms with Gasteiger partial charge in [-0.05, 0) is 69.0 Å². The van der Waals surface area contributed by atoms with Crippen LogP contribution in [0.4, 0.5) is 0 Å². The summed E-state index contributed by atoms with van der Waals surface area (Å²) in [6, 6.07) is 17.2. The maximum atomic E-state index is 13.6. The van der Waals surface area contributed by atoms with Gasteiger partial charge < -0.3 is 14.4 Å². The minimum absolute atomic E-state index is 0.0884. The molecule has 1 amide bonds. The van der Waals surface area contributed by atoms with Crippen molar-refractivity contribution in [3.63, 3.8) is 0 Å². The second-order valence-corrected chi connectivity index (χ2v) is 9.94. The van der Waals surface area contributed by atoms with E-state index in [-0.39, 0.29) is 17.9 Å². The fourth-order valence-electron chi connectivity index (χ4n) is 5.07. The molecule has 1 atom stereocenters. The van der Waals surface area contributed by atoms with E-state index < -0.39 is 0 Å².